The number of ketones is 1. The summed E-state index contributed by atoms with van der Waals surface area (Å²) in [5.74, 6) is 0.627. The summed E-state index contributed by atoms with van der Waals surface area (Å²) in [6, 6.07) is 13.1. The normalized spacial score (nSPS) is 15.9. The van der Waals surface area contributed by atoms with Crippen molar-refractivity contribution in [2.24, 2.45) is 0 Å². The molecule has 0 N–H and O–H groups in total. The summed E-state index contributed by atoms with van der Waals surface area (Å²) >= 11 is 1.79. The van der Waals surface area contributed by atoms with Crippen molar-refractivity contribution < 1.29 is 13.6 Å². The first-order chi connectivity index (χ1) is 13.5. The van der Waals surface area contributed by atoms with Gasteiger partial charge in [-0.2, -0.15) is 0 Å². The van der Waals surface area contributed by atoms with E-state index in [1.807, 2.05) is 0 Å². The van der Waals surface area contributed by atoms with Crippen molar-refractivity contribution in [2.75, 3.05) is 45.0 Å². The monoisotopic (exact) mass is 404 g/mol. The summed E-state index contributed by atoms with van der Waals surface area (Å²) in [7, 11) is 0. The molecular weight excluding hydrogens is 378 g/mol. The first-order valence-electron chi connectivity index (χ1n) is 9.58. The SMILES string of the molecule is CC(=O)CN1CCN(CCSC(c2ccc(F)cc2)c2ccc(F)cc2)CC1. The lowest BCUT2D eigenvalue weighted by atomic mass is 10.0. The fourth-order valence-electron chi connectivity index (χ4n) is 3.45. The number of nitrogens with zero attached hydrogens (tertiary/aromatic N) is 2. The van der Waals surface area contributed by atoms with Crippen molar-refractivity contribution in [3.8, 4) is 0 Å². The smallest absolute Gasteiger partial charge is 0.143 e. The number of carbonyl (C=O) groups is 1. The third-order valence-electron chi connectivity index (χ3n) is 4.95. The van der Waals surface area contributed by atoms with Crippen molar-refractivity contribution in [1.82, 2.24) is 9.80 Å². The summed E-state index contributed by atoms with van der Waals surface area (Å²) in [6.45, 7) is 6.90. The standard InChI is InChI=1S/C22H26F2N2OS/c1-17(27)16-26-12-10-25(11-13-26)14-15-28-22(18-2-6-20(23)7-3-18)19-4-8-21(24)9-5-19/h2-9,22H,10-16H2,1H3. The maximum Gasteiger partial charge on any atom is 0.143 e. The molecule has 0 radical (unpaired) electrons. The molecule has 0 spiro atoms. The average molecular weight is 405 g/mol. The highest BCUT2D eigenvalue weighted by atomic mass is 32.2. The molecule has 2 aromatic rings. The third-order valence-corrected chi connectivity index (χ3v) is 6.24. The molecule has 0 unspecified atom stereocenters. The number of rotatable bonds is 8. The molecule has 0 aliphatic carbocycles. The first-order valence-corrected chi connectivity index (χ1v) is 10.6. The van der Waals surface area contributed by atoms with Crippen molar-refractivity contribution in [1.29, 1.82) is 0 Å². The zero-order valence-corrected chi connectivity index (χ0v) is 16.9. The van der Waals surface area contributed by atoms with Crippen LogP contribution in [0, 0.1) is 11.6 Å². The fraction of sp³-hybridized carbons (Fsp3) is 0.409. The Hall–Kier alpha value is -1.76. The van der Waals surface area contributed by atoms with Gasteiger partial charge in [0.15, 0.2) is 0 Å². The Morgan fingerprint density at radius 3 is 1.82 bits per heavy atom. The number of benzene rings is 2. The molecule has 1 fully saturated rings. The van der Waals surface area contributed by atoms with Crippen LogP contribution in [0.15, 0.2) is 48.5 Å². The van der Waals surface area contributed by atoms with Crippen LogP contribution in [0.3, 0.4) is 0 Å². The van der Waals surface area contributed by atoms with Crippen molar-refractivity contribution in [2.45, 2.75) is 12.2 Å². The number of piperazine rings is 1. The maximum atomic E-state index is 13.3. The molecule has 0 saturated carbocycles. The van der Waals surface area contributed by atoms with Crippen molar-refractivity contribution in [3.63, 3.8) is 0 Å². The fourth-order valence-corrected chi connectivity index (χ4v) is 4.74. The van der Waals surface area contributed by atoms with Crippen molar-refractivity contribution >= 4 is 17.5 Å². The zero-order chi connectivity index (χ0) is 19.9. The second-order valence-corrected chi connectivity index (χ2v) is 8.39. The largest absolute Gasteiger partial charge is 0.300 e. The molecule has 0 bridgehead atoms. The Kier molecular flexibility index (Phi) is 7.59. The van der Waals surface area contributed by atoms with Gasteiger partial charge < -0.3 is 0 Å². The predicted molar refractivity (Wildman–Crippen MR) is 111 cm³/mol. The second kappa shape index (κ2) is 10.1. The lowest BCUT2D eigenvalue weighted by Gasteiger charge is -2.34. The van der Waals surface area contributed by atoms with Crippen LogP contribution in [0.4, 0.5) is 8.78 Å². The molecule has 0 amide bonds. The molecule has 6 heteroatoms. The zero-order valence-electron chi connectivity index (χ0n) is 16.1. The Labute approximate surface area is 169 Å². The minimum atomic E-state index is -0.255. The highest BCUT2D eigenvalue weighted by Gasteiger charge is 2.19. The van der Waals surface area contributed by atoms with Gasteiger partial charge >= 0.3 is 0 Å². The predicted octanol–water partition coefficient (Wildman–Crippen LogP) is 3.99. The molecule has 28 heavy (non-hydrogen) atoms. The molecular formula is C22H26F2N2OS. The first kappa shape index (κ1) is 21.0. The Morgan fingerprint density at radius 1 is 0.893 bits per heavy atom. The van der Waals surface area contributed by atoms with Gasteiger partial charge in [0.1, 0.15) is 17.4 Å². The molecule has 3 nitrogen and oxygen atoms in total. The van der Waals surface area contributed by atoms with E-state index >= 15 is 0 Å². The van der Waals surface area contributed by atoms with E-state index < -0.39 is 0 Å². The highest BCUT2D eigenvalue weighted by Crippen LogP contribution is 2.35. The molecule has 3 rings (SSSR count). The Bertz CT molecular complexity index is 714. The molecule has 1 aliphatic rings. The number of carbonyl (C=O) groups excluding carboxylic acids is 1. The van der Waals surface area contributed by atoms with E-state index in [0.29, 0.717) is 6.54 Å². The number of thioether (sulfide) groups is 1. The molecule has 150 valence electrons. The quantitative estimate of drug-likeness (QED) is 0.664. The Balaban J connectivity index is 1.57. The van der Waals surface area contributed by atoms with Crippen LogP contribution >= 0.6 is 11.8 Å². The van der Waals surface area contributed by atoms with Gasteiger partial charge in [0.2, 0.25) is 0 Å². The number of halogens is 2. The highest BCUT2D eigenvalue weighted by molar-refractivity contribution is 7.99. The minimum Gasteiger partial charge on any atom is -0.300 e. The minimum absolute atomic E-state index is 0.0419. The second-order valence-electron chi connectivity index (χ2n) is 7.17. The Morgan fingerprint density at radius 2 is 1.36 bits per heavy atom. The van der Waals surface area contributed by atoms with Crippen LogP contribution in [-0.2, 0) is 4.79 Å². The summed E-state index contributed by atoms with van der Waals surface area (Å²) in [5.41, 5.74) is 2.04. The number of Topliss-reactive ketones (excluding diaryl/α,β-unsaturated/α-hetero) is 1. The van der Waals surface area contributed by atoms with Gasteiger partial charge in [0, 0.05) is 38.5 Å². The summed E-state index contributed by atoms with van der Waals surface area (Å²) in [4.78, 5) is 15.9. The third kappa shape index (κ3) is 6.12. The van der Waals surface area contributed by atoms with Crippen LogP contribution in [0.25, 0.3) is 0 Å². The van der Waals surface area contributed by atoms with E-state index in [9.17, 15) is 13.6 Å². The lowest BCUT2D eigenvalue weighted by Crippen LogP contribution is -2.48. The van der Waals surface area contributed by atoms with E-state index in [2.05, 4.69) is 9.80 Å². The summed E-state index contributed by atoms with van der Waals surface area (Å²) in [6.07, 6.45) is 0. The molecule has 2 aromatic carbocycles. The van der Waals surface area contributed by atoms with Crippen LogP contribution in [0.1, 0.15) is 23.3 Å². The lowest BCUT2D eigenvalue weighted by molar-refractivity contribution is -0.118. The van der Waals surface area contributed by atoms with E-state index in [1.165, 1.54) is 24.3 Å². The van der Waals surface area contributed by atoms with Crippen molar-refractivity contribution in [3.05, 3.63) is 71.3 Å². The molecule has 1 saturated heterocycles. The van der Waals surface area contributed by atoms with Gasteiger partial charge in [-0.05, 0) is 42.3 Å². The van der Waals surface area contributed by atoms with E-state index in [-0.39, 0.29) is 22.7 Å². The van der Waals surface area contributed by atoms with E-state index in [4.69, 9.17) is 0 Å². The topological polar surface area (TPSA) is 23.6 Å². The molecule has 0 aromatic heterocycles. The summed E-state index contributed by atoms with van der Waals surface area (Å²) in [5, 5.41) is 0.0419. The van der Waals surface area contributed by atoms with E-state index in [0.717, 1.165) is 49.6 Å². The van der Waals surface area contributed by atoms with Crippen LogP contribution < -0.4 is 0 Å². The summed E-state index contributed by atoms with van der Waals surface area (Å²) < 4.78 is 26.6. The van der Waals surface area contributed by atoms with Crippen LogP contribution in [0.2, 0.25) is 0 Å². The van der Waals surface area contributed by atoms with Gasteiger partial charge in [0.05, 0.1) is 11.8 Å². The average Bonchev–Trinajstić information content (AvgIpc) is 2.68. The van der Waals surface area contributed by atoms with Crippen LogP contribution in [0.5, 0.6) is 0 Å². The molecule has 0 atom stereocenters. The van der Waals surface area contributed by atoms with E-state index in [1.54, 1.807) is 43.0 Å². The molecule has 1 heterocycles. The number of hydrogen-bond acceptors (Lipinski definition) is 4. The van der Waals surface area contributed by atoms with Gasteiger partial charge in [-0.1, -0.05) is 24.3 Å². The van der Waals surface area contributed by atoms with Gasteiger partial charge in [0.25, 0.3) is 0 Å². The van der Waals surface area contributed by atoms with Gasteiger partial charge in [-0.3, -0.25) is 14.6 Å². The van der Waals surface area contributed by atoms with Gasteiger partial charge in [-0.25, -0.2) is 8.78 Å². The van der Waals surface area contributed by atoms with Gasteiger partial charge in [-0.15, -0.1) is 11.8 Å². The maximum absolute atomic E-state index is 13.3. The molecule has 1 aliphatic heterocycles. The number of hydrogen-bond donors (Lipinski definition) is 0. The van der Waals surface area contributed by atoms with Crippen LogP contribution in [-0.4, -0.2) is 60.6 Å².